The Bertz CT molecular complexity index is 904. The van der Waals surface area contributed by atoms with Gasteiger partial charge in [-0.15, -0.1) is 0 Å². The van der Waals surface area contributed by atoms with Gasteiger partial charge in [0.25, 0.3) is 0 Å². The van der Waals surface area contributed by atoms with Crippen molar-refractivity contribution in [2.24, 2.45) is 0 Å². The van der Waals surface area contributed by atoms with Gasteiger partial charge < -0.3 is 10.2 Å². The van der Waals surface area contributed by atoms with Crippen molar-refractivity contribution in [2.45, 2.75) is 12.5 Å². The molecule has 8 heteroatoms. The first-order chi connectivity index (χ1) is 12.4. The molecule has 5 nitrogen and oxygen atoms in total. The van der Waals surface area contributed by atoms with Crippen molar-refractivity contribution in [1.29, 1.82) is 0 Å². The Kier molecular flexibility index (Phi) is 5.22. The molecule has 1 atom stereocenters. The van der Waals surface area contributed by atoms with Crippen molar-refractivity contribution in [1.82, 2.24) is 0 Å². The first-order valence-electron chi connectivity index (χ1n) is 8.12. The Morgan fingerprint density at radius 1 is 1.15 bits per heavy atom. The molecule has 2 aromatic carbocycles. The molecule has 26 heavy (non-hydrogen) atoms. The van der Waals surface area contributed by atoms with Crippen LogP contribution in [0.15, 0.2) is 48.5 Å². The number of benzene rings is 2. The standard InChI is InChI=1S/C18H18F2N2O3S/c19-13-6-7-17(16(20)10-13)21-11-18(23)22(14-4-2-1-3-5-14)15-8-9-26(24,25)12-15/h1-7,10,15,21H,8-9,11-12H2/t15-/m1/s1. The fourth-order valence-electron chi connectivity index (χ4n) is 3.01. The molecule has 0 saturated carbocycles. The summed E-state index contributed by atoms with van der Waals surface area (Å²) in [6, 6.07) is 11.3. The summed E-state index contributed by atoms with van der Waals surface area (Å²) in [6.07, 6.45) is 0.355. The third-order valence-corrected chi connectivity index (χ3v) is 5.99. The van der Waals surface area contributed by atoms with Crippen LogP contribution in [0.2, 0.25) is 0 Å². The zero-order valence-electron chi connectivity index (χ0n) is 13.9. The van der Waals surface area contributed by atoms with Crippen LogP contribution < -0.4 is 10.2 Å². The number of anilines is 2. The summed E-state index contributed by atoms with van der Waals surface area (Å²) >= 11 is 0. The lowest BCUT2D eigenvalue weighted by Gasteiger charge is -2.28. The summed E-state index contributed by atoms with van der Waals surface area (Å²) in [6.45, 7) is -0.242. The minimum absolute atomic E-state index is 0.00630. The van der Waals surface area contributed by atoms with Gasteiger partial charge in [-0.1, -0.05) is 18.2 Å². The molecule has 1 N–H and O–H groups in total. The van der Waals surface area contributed by atoms with Gasteiger partial charge in [0.05, 0.1) is 29.8 Å². The van der Waals surface area contributed by atoms with E-state index in [1.54, 1.807) is 30.3 Å². The van der Waals surface area contributed by atoms with Crippen molar-refractivity contribution < 1.29 is 22.0 Å². The minimum Gasteiger partial charge on any atom is -0.374 e. The summed E-state index contributed by atoms with van der Waals surface area (Å²) in [7, 11) is -3.18. The summed E-state index contributed by atoms with van der Waals surface area (Å²) in [5, 5.41) is 2.65. The third-order valence-electron chi connectivity index (χ3n) is 4.24. The van der Waals surface area contributed by atoms with Crippen LogP contribution in [0.5, 0.6) is 0 Å². The zero-order chi connectivity index (χ0) is 18.7. The van der Waals surface area contributed by atoms with Crippen LogP contribution in [0.1, 0.15) is 6.42 Å². The lowest BCUT2D eigenvalue weighted by atomic mass is 10.1. The Morgan fingerprint density at radius 2 is 1.88 bits per heavy atom. The average Bonchev–Trinajstić information content (AvgIpc) is 2.95. The number of nitrogens with one attached hydrogen (secondary N) is 1. The third kappa shape index (κ3) is 4.19. The van der Waals surface area contributed by atoms with Gasteiger partial charge in [0.1, 0.15) is 11.6 Å². The lowest BCUT2D eigenvalue weighted by Crippen LogP contribution is -2.44. The SMILES string of the molecule is O=C(CNc1ccc(F)cc1F)N(c1ccccc1)[C@@H]1CCS(=O)(=O)C1. The van der Waals surface area contributed by atoms with Crippen LogP contribution in [0, 0.1) is 11.6 Å². The van der Waals surface area contributed by atoms with Crippen molar-refractivity contribution in [2.75, 3.05) is 28.3 Å². The predicted octanol–water partition coefficient (Wildman–Crippen LogP) is 2.60. The van der Waals surface area contributed by atoms with E-state index in [1.165, 1.54) is 11.0 Å². The minimum atomic E-state index is -3.18. The molecule has 138 valence electrons. The molecule has 0 aliphatic carbocycles. The molecule has 1 fully saturated rings. The molecule has 1 heterocycles. The maximum Gasteiger partial charge on any atom is 0.246 e. The number of sulfone groups is 1. The van der Waals surface area contributed by atoms with Crippen LogP contribution in [0.25, 0.3) is 0 Å². The van der Waals surface area contributed by atoms with E-state index in [9.17, 15) is 22.0 Å². The van der Waals surface area contributed by atoms with Gasteiger partial charge in [-0.3, -0.25) is 4.79 Å². The highest BCUT2D eigenvalue weighted by molar-refractivity contribution is 7.91. The van der Waals surface area contributed by atoms with Gasteiger partial charge in [-0.2, -0.15) is 0 Å². The maximum atomic E-state index is 13.7. The van der Waals surface area contributed by atoms with E-state index in [0.29, 0.717) is 12.1 Å². The Hall–Kier alpha value is -2.48. The van der Waals surface area contributed by atoms with Crippen LogP contribution >= 0.6 is 0 Å². The maximum absolute atomic E-state index is 13.7. The molecular formula is C18H18F2N2O3S. The van der Waals surface area contributed by atoms with E-state index in [-0.39, 0.29) is 29.6 Å². The van der Waals surface area contributed by atoms with Crippen molar-refractivity contribution in [3.8, 4) is 0 Å². The molecule has 2 aromatic rings. The first kappa shape index (κ1) is 18.3. The number of amides is 1. The molecule has 1 aliphatic heterocycles. The van der Waals surface area contributed by atoms with Gasteiger partial charge in [-0.05, 0) is 30.7 Å². The normalized spacial score (nSPS) is 18.5. The Morgan fingerprint density at radius 3 is 2.50 bits per heavy atom. The second-order valence-corrected chi connectivity index (χ2v) is 8.36. The number of hydrogen-bond acceptors (Lipinski definition) is 4. The van der Waals surface area contributed by atoms with Crippen molar-refractivity contribution in [3.63, 3.8) is 0 Å². The summed E-state index contributed by atoms with van der Waals surface area (Å²) in [5.74, 6) is -1.96. The summed E-state index contributed by atoms with van der Waals surface area (Å²) < 4.78 is 50.3. The quantitative estimate of drug-likeness (QED) is 0.866. The van der Waals surface area contributed by atoms with E-state index in [2.05, 4.69) is 5.32 Å². The second-order valence-electron chi connectivity index (χ2n) is 6.13. The molecule has 0 radical (unpaired) electrons. The fourth-order valence-corrected chi connectivity index (χ4v) is 4.71. The number of carbonyl (C=O) groups is 1. The smallest absolute Gasteiger partial charge is 0.246 e. The van der Waals surface area contributed by atoms with Crippen LogP contribution in [0.3, 0.4) is 0 Å². The predicted molar refractivity (Wildman–Crippen MR) is 95.8 cm³/mol. The number of hydrogen-bond donors (Lipinski definition) is 1. The molecule has 0 spiro atoms. The summed E-state index contributed by atoms with van der Waals surface area (Å²) in [5.41, 5.74) is 0.591. The molecule has 1 aliphatic rings. The number of rotatable bonds is 5. The van der Waals surface area contributed by atoms with Crippen LogP contribution in [0.4, 0.5) is 20.2 Å². The monoisotopic (exact) mass is 380 g/mol. The Balaban J connectivity index is 1.79. The van der Waals surface area contributed by atoms with Crippen LogP contribution in [-0.4, -0.2) is 38.4 Å². The van der Waals surface area contributed by atoms with Gasteiger partial charge >= 0.3 is 0 Å². The van der Waals surface area contributed by atoms with Crippen molar-refractivity contribution >= 4 is 27.1 Å². The molecule has 3 rings (SSSR count). The highest BCUT2D eigenvalue weighted by Gasteiger charge is 2.35. The first-order valence-corrected chi connectivity index (χ1v) is 9.94. The zero-order valence-corrected chi connectivity index (χ0v) is 14.7. The molecule has 1 amide bonds. The molecule has 0 unspecified atom stereocenters. The fraction of sp³-hybridized carbons (Fsp3) is 0.278. The van der Waals surface area contributed by atoms with E-state index in [4.69, 9.17) is 0 Å². The van der Waals surface area contributed by atoms with Gasteiger partial charge in [0, 0.05) is 11.8 Å². The van der Waals surface area contributed by atoms with Gasteiger partial charge in [0.15, 0.2) is 9.84 Å². The van der Waals surface area contributed by atoms with E-state index in [0.717, 1.165) is 12.1 Å². The largest absolute Gasteiger partial charge is 0.374 e. The van der Waals surface area contributed by atoms with Crippen molar-refractivity contribution in [3.05, 3.63) is 60.2 Å². The van der Waals surface area contributed by atoms with E-state index >= 15 is 0 Å². The summed E-state index contributed by atoms with van der Waals surface area (Å²) in [4.78, 5) is 14.2. The van der Waals surface area contributed by atoms with Crippen LogP contribution in [-0.2, 0) is 14.6 Å². The highest BCUT2D eigenvalue weighted by Crippen LogP contribution is 2.25. The number of carbonyl (C=O) groups excluding carboxylic acids is 1. The molecular weight excluding hydrogens is 362 g/mol. The average molecular weight is 380 g/mol. The number of para-hydroxylation sites is 1. The second kappa shape index (κ2) is 7.41. The topological polar surface area (TPSA) is 66.5 Å². The van der Waals surface area contributed by atoms with Gasteiger partial charge in [-0.25, -0.2) is 17.2 Å². The van der Waals surface area contributed by atoms with E-state index < -0.39 is 27.5 Å². The highest BCUT2D eigenvalue weighted by atomic mass is 32.2. The number of nitrogens with zero attached hydrogens (tertiary/aromatic N) is 1. The Labute approximate surface area is 150 Å². The molecule has 1 saturated heterocycles. The van der Waals surface area contributed by atoms with E-state index in [1.807, 2.05) is 0 Å². The lowest BCUT2D eigenvalue weighted by molar-refractivity contribution is -0.117. The molecule has 0 aromatic heterocycles. The number of halogens is 2. The molecule has 0 bridgehead atoms. The van der Waals surface area contributed by atoms with Gasteiger partial charge in [0.2, 0.25) is 5.91 Å².